The second-order valence-electron chi connectivity index (χ2n) is 4.65. The number of aliphatic hydroxyl groups excluding tert-OH is 1. The molecular weight excluding hydrogens is 224 g/mol. The molecule has 3 heteroatoms. The van der Waals surface area contributed by atoms with Crippen LogP contribution in [0.15, 0.2) is 47.6 Å². The first-order valence-electron chi connectivity index (χ1n) is 6.06. The molecule has 0 amide bonds. The van der Waals surface area contributed by atoms with Crippen molar-refractivity contribution >= 4 is 23.2 Å². The topological polar surface area (TPSA) is 35.8 Å². The molecule has 0 saturated carbocycles. The summed E-state index contributed by atoms with van der Waals surface area (Å²) in [5.41, 5.74) is 4.54. The number of fused-ring (bicyclic) bond motifs is 3. The Balaban J connectivity index is 2.02. The van der Waals surface area contributed by atoms with Gasteiger partial charge >= 0.3 is 0 Å². The molecule has 0 aliphatic carbocycles. The molecule has 0 saturated heterocycles. The van der Waals surface area contributed by atoms with Crippen LogP contribution in [0.1, 0.15) is 11.1 Å². The van der Waals surface area contributed by atoms with Crippen molar-refractivity contribution in [2.45, 2.75) is 6.04 Å². The fourth-order valence-corrected chi connectivity index (χ4v) is 2.96. The van der Waals surface area contributed by atoms with Gasteiger partial charge in [-0.05, 0) is 29.9 Å². The third-order valence-corrected chi connectivity index (χ3v) is 3.74. The number of anilines is 1. The number of hydrogen-bond acceptors (Lipinski definition) is 3. The molecular formula is C15H12N2O. The highest BCUT2D eigenvalue weighted by molar-refractivity contribution is 6.00. The Labute approximate surface area is 105 Å². The van der Waals surface area contributed by atoms with Gasteiger partial charge in [0.15, 0.2) is 0 Å². The third-order valence-electron chi connectivity index (χ3n) is 3.74. The van der Waals surface area contributed by atoms with Crippen molar-refractivity contribution in [3.63, 3.8) is 0 Å². The molecule has 3 nitrogen and oxygen atoms in total. The number of allylic oxidation sites excluding steroid dienone is 1. The zero-order valence-corrected chi connectivity index (χ0v) is 9.74. The van der Waals surface area contributed by atoms with Crippen molar-refractivity contribution in [3.8, 4) is 0 Å². The summed E-state index contributed by atoms with van der Waals surface area (Å²) in [6.45, 7) is 0.738. The van der Waals surface area contributed by atoms with Crippen LogP contribution < -0.4 is 4.90 Å². The van der Waals surface area contributed by atoms with Gasteiger partial charge in [-0.2, -0.15) is 0 Å². The van der Waals surface area contributed by atoms with Crippen molar-refractivity contribution < 1.29 is 5.11 Å². The average Bonchev–Trinajstić information content (AvgIpc) is 2.57. The lowest BCUT2D eigenvalue weighted by molar-refractivity contribution is 0.507. The first-order valence-corrected chi connectivity index (χ1v) is 6.06. The van der Waals surface area contributed by atoms with E-state index < -0.39 is 0 Å². The normalized spacial score (nSPS) is 23.1. The fraction of sp³-hybridized carbons (Fsp3) is 0.133. The van der Waals surface area contributed by atoms with Crippen molar-refractivity contribution in [3.05, 3.63) is 53.8 Å². The van der Waals surface area contributed by atoms with E-state index in [4.69, 9.17) is 0 Å². The number of benzene rings is 1. The number of aliphatic imine (C=N–C) groups is 1. The van der Waals surface area contributed by atoms with Gasteiger partial charge in [-0.1, -0.05) is 12.1 Å². The molecule has 88 valence electrons. The summed E-state index contributed by atoms with van der Waals surface area (Å²) in [4.78, 5) is 6.48. The summed E-state index contributed by atoms with van der Waals surface area (Å²) in [7, 11) is 0. The van der Waals surface area contributed by atoms with E-state index >= 15 is 0 Å². The lowest BCUT2D eigenvalue weighted by Gasteiger charge is -2.28. The minimum absolute atomic E-state index is 0.230. The smallest absolute Gasteiger partial charge is 0.122 e. The van der Waals surface area contributed by atoms with E-state index in [1.807, 2.05) is 30.6 Å². The highest BCUT2D eigenvalue weighted by atomic mass is 16.3. The molecule has 3 heterocycles. The number of nitrogens with zero attached hydrogens (tertiary/aromatic N) is 2. The van der Waals surface area contributed by atoms with Gasteiger partial charge in [-0.25, -0.2) is 0 Å². The second kappa shape index (κ2) is 3.35. The monoisotopic (exact) mass is 236 g/mol. The van der Waals surface area contributed by atoms with Gasteiger partial charge in [-0.3, -0.25) is 4.99 Å². The summed E-state index contributed by atoms with van der Waals surface area (Å²) < 4.78 is 0. The van der Waals surface area contributed by atoms with Gasteiger partial charge in [0, 0.05) is 30.1 Å². The molecule has 1 aromatic rings. The standard InChI is InChI=1S/C15H12N2O/c18-14-6-9-17-13-5-8-16-7-4-10(13)11-2-1-3-12(14)15(11)17/h1-8,13,18H,9H2. The Morgan fingerprint density at radius 3 is 3.11 bits per heavy atom. The maximum Gasteiger partial charge on any atom is 0.122 e. The molecule has 1 N–H and O–H groups in total. The van der Waals surface area contributed by atoms with E-state index in [0.29, 0.717) is 5.76 Å². The van der Waals surface area contributed by atoms with Gasteiger partial charge < -0.3 is 10.0 Å². The number of hydrogen-bond donors (Lipinski definition) is 1. The van der Waals surface area contributed by atoms with Crippen molar-refractivity contribution in [1.29, 1.82) is 0 Å². The highest BCUT2D eigenvalue weighted by Gasteiger charge is 2.36. The van der Waals surface area contributed by atoms with Crippen LogP contribution in [-0.4, -0.2) is 23.9 Å². The third kappa shape index (κ3) is 1.11. The zero-order valence-electron chi connectivity index (χ0n) is 9.74. The Bertz CT molecular complexity index is 652. The molecule has 0 bridgehead atoms. The van der Waals surface area contributed by atoms with Gasteiger partial charge in [0.25, 0.3) is 0 Å². The Morgan fingerprint density at radius 2 is 2.17 bits per heavy atom. The number of rotatable bonds is 0. The van der Waals surface area contributed by atoms with E-state index in [1.54, 1.807) is 0 Å². The number of aliphatic hydroxyl groups is 1. The van der Waals surface area contributed by atoms with E-state index in [2.05, 4.69) is 28.1 Å². The van der Waals surface area contributed by atoms with Crippen LogP contribution >= 0.6 is 0 Å². The molecule has 3 aliphatic rings. The molecule has 3 aliphatic heterocycles. The molecule has 1 atom stereocenters. The molecule has 1 aromatic carbocycles. The van der Waals surface area contributed by atoms with Gasteiger partial charge in [0.1, 0.15) is 5.76 Å². The Hall–Kier alpha value is -2.29. The molecule has 0 fully saturated rings. The molecule has 18 heavy (non-hydrogen) atoms. The first kappa shape index (κ1) is 9.71. The highest BCUT2D eigenvalue weighted by Crippen LogP contribution is 2.46. The average molecular weight is 236 g/mol. The Kier molecular flexibility index (Phi) is 1.81. The van der Waals surface area contributed by atoms with Crippen LogP contribution in [0.4, 0.5) is 5.69 Å². The minimum Gasteiger partial charge on any atom is -0.508 e. The second-order valence-corrected chi connectivity index (χ2v) is 4.65. The molecule has 0 aromatic heterocycles. The van der Waals surface area contributed by atoms with Crippen LogP contribution in [0.3, 0.4) is 0 Å². The van der Waals surface area contributed by atoms with Crippen LogP contribution in [0.25, 0.3) is 11.3 Å². The minimum atomic E-state index is 0.230. The fourth-order valence-electron chi connectivity index (χ4n) is 2.96. The summed E-state index contributed by atoms with van der Waals surface area (Å²) in [5, 5.41) is 9.99. The van der Waals surface area contributed by atoms with E-state index in [-0.39, 0.29) is 6.04 Å². The zero-order chi connectivity index (χ0) is 12.1. The summed E-state index contributed by atoms with van der Waals surface area (Å²) in [6.07, 6.45) is 9.72. The summed E-state index contributed by atoms with van der Waals surface area (Å²) in [5.74, 6) is 0.387. The van der Waals surface area contributed by atoms with Crippen molar-refractivity contribution in [2.75, 3.05) is 11.4 Å². The van der Waals surface area contributed by atoms with Gasteiger partial charge in [-0.15, -0.1) is 0 Å². The lowest BCUT2D eigenvalue weighted by atomic mass is 9.99. The van der Waals surface area contributed by atoms with Crippen LogP contribution in [-0.2, 0) is 0 Å². The SMILES string of the molecule is OC1=CCN2c3c1cccc3C1=CC=NC=CC12. The van der Waals surface area contributed by atoms with Crippen LogP contribution in [0, 0.1) is 0 Å². The van der Waals surface area contributed by atoms with Crippen LogP contribution in [0.2, 0.25) is 0 Å². The predicted molar refractivity (Wildman–Crippen MR) is 73.8 cm³/mol. The van der Waals surface area contributed by atoms with E-state index in [0.717, 1.165) is 17.8 Å². The summed E-state index contributed by atoms with van der Waals surface area (Å²) >= 11 is 0. The molecule has 4 rings (SSSR count). The van der Waals surface area contributed by atoms with E-state index in [9.17, 15) is 5.11 Å². The van der Waals surface area contributed by atoms with E-state index in [1.165, 1.54) is 11.1 Å². The predicted octanol–water partition coefficient (Wildman–Crippen LogP) is 2.77. The summed E-state index contributed by atoms with van der Waals surface area (Å²) in [6, 6.07) is 6.31. The maximum absolute atomic E-state index is 9.99. The lowest BCUT2D eigenvalue weighted by Crippen LogP contribution is -2.32. The quantitative estimate of drug-likeness (QED) is 0.751. The Morgan fingerprint density at radius 1 is 1.28 bits per heavy atom. The van der Waals surface area contributed by atoms with Gasteiger partial charge in [0.2, 0.25) is 0 Å². The van der Waals surface area contributed by atoms with Gasteiger partial charge in [0.05, 0.1) is 11.7 Å². The molecule has 0 radical (unpaired) electrons. The van der Waals surface area contributed by atoms with Crippen molar-refractivity contribution in [2.24, 2.45) is 4.99 Å². The number of para-hydroxylation sites is 1. The largest absolute Gasteiger partial charge is 0.508 e. The maximum atomic E-state index is 9.99. The molecule has 1 unspecified atom stereocenters. The molecule has 0 spiro atoms. The van der Waals surface area contributed by atoms with Crippen molar-refractivity contribution in [1.82, 2.24) is 0 Å². The van der Waals surface area contributed by atoms with Crippen LogP contribution in [0.5, 0.6) is 0 Å². The first-order chi connectivity index (χ1) is 8.86.